The Morgan fingerprint density at radius 2 is 1.86 bits per heavy atom. The molecule has 0 aliphatic carbocycles. The van der Waals surface area contributed by atoms with E-state index in [0.29, 0.717) is 44.4 Å². The number of aliphatic imine (C=N–C) groups is 1. The molecule has 1 unspecified atom stereocenters. The molecule has 1 saturated heterocycles. The maximum absolute atomic E-state index is 12.9. The van der Waals surface area contributed by atoms with Crippen LogP contribution in [0.3, 0.4) is 0 Å². The van der Waals surface area contributed by atoms with E-state index in [1.807, 2.05) is 11.0 Å². The van der Waals surface area contributed by atoms with Crippen LogP contribution in [0, 0.1) is 0 Å². The molecule has 0 amide bonds. The summed E-state index contributed by atoms with van der Waals surface area (Å²) in [6, 6.07) is 5.31. The number of rotatable bonds is 6. The van der Waals surface area contributed by atoms with Crippen molar-refractivity contribution in [3.63, 3.8) is 0 Å². The minimum Gasteiger partial charge on any atom is -0.488 e. The van der Waals surface area contributed by atoms with Gasteiger partial charge in [-0.25, -0.2) is 8.78 Å². The average molecular weight is 536 g/mol. The standard InChI is InChI=1S/C18H25F5N4O.HI/c1-13(18(21,22)23)26-6-8-27(9-7-26)17(24-2)25-11-14-4-3-5-15(10-14)28-12-16(19)20;/h3-5,10,13,16H,6-9,11-12H2,1-2H3,(H,24,25);1H. The highest BCUT2D eigenvalue weighted by Crippen LogP contribution is 2.25. The number of ether oxygens (including phenoxy) is 1. The summed E-state index contributed by atoms with van der Waals surface area (Å²) in [5.74, 6) is 0.933. The maximum Gasteiger partial charge on any atom is 0.403 e. The Kier molecular flexibility index (Phi) is 10.4. The SMILES string of the molecule is CN=C(NCc1cccc(OCC(F)F)c1)N1CCN(C(C)C(F)(F)F)CC1.I. The van der Waals surface area contributed by atoms with Crippen LogP contribution >= 0.6 is 24.0 Å². The molecule has 1 fully saturated rings. The molecule has 1 heterocycles. The molecule has 29 heavy (non-hydrogen) atoms. The van der Waals surface area contributed by atoms with E-state index in [0.717, 1.165) is 5.56 Å². The second-order valence-electron chi connectivity index (χ2n) is 6.49. The Labute approximate surface area is 184 Å². The van der Waals surface area contributed by atoms with Gasteiger partial charge in [0.2, 0.25) is 0 Å². The van der Waals surface area contributed by atoms with Crippen LogP contribution in [0.2, 0.25) is 0 Å². The highest BCUT2D eigenvalue weighted by atomic mass is 127. The van der Waals surface area contributed by atoms with Gasteiger partial charge in [0.05, 0.1) is 0 Å². The Morgan fingerprint density at radius 3 is 2.41 bits per heavy atom. The third kappa shape index (κ3) is 8.11. The van der Waals surface area contributed by atoms with Gasteiger partial charge in [0.25, 0.3) is 6.43 Å². The number of alkyl halides is 5. The van der Waals surface area contributed by atoms with Crippen molar-refractivity contribution in [3.8, 4) is 5.75 Å². The molecule has 0 bridgehead atoms. The van der Waals surface area contributed by atoms with Crippen molar-refractivity contribution < 1.29 is 26.7 Å². The number of guanidine groups is 1. The first-order valence-electron chi connectivity index (χ1n) is 8.97. The van der Waals surface area contributed by atoms with Gasteiger partial charge in [-0.15, -0.1) is 24.0 Å². The second kappa shape index (κ2) is 11.7. The van der Waals surface area contributed by atoms with Crippen molar-refractivity contribution in [2.75, 3.05) is 39.8 Å². The lowest BCUT2D eigenvalue weighted by Crippen LogP contribution is -2.56. The van der Waals surface area contributed by atoms with E-state index < -0.39 is 25.3 Å². The Bertz CT molecular complexity index is 651. The lowest BCUT2D eigenvalue weighted by Gasteiger charge is -2.39. The van der Waals surface area contributed by atoms with Crippen LogP contribution in [-0.4, -0.2) is 74.2 Å². The van der Waals surface area contributed by atoms with E-state index in [1.165, 1.54) is 11.8 Å². The summed E-state index contributed by atoms with van der Waals surface area (Å²) in [5.41, 5.74) is 0.817. The molecular formula is C18H26F5IN4O. The first kappa shape index (κ1) is 25.7. The van der Waals surface area contributed by atoms with Crippen LogP contribution < -0.4 is 10.1 Å². The molecule has 11 heteroatoms. The van der Waals surface area contributed by atoms with Gasteiger partial charge < -0.3 is 15.0 Å². The van der Waals surface area contributed by atoms with E-state index in [4.69, 9.17) is 4.74 Å². The fourth-order valence-corrected chi connectivity index (χ4v) is 2.95. The van der Waals surface area contributed by atoms with Crippen molar-refractivity contribution in [1.82, 2.24) is 15.1 Å². The van der Waals surface area contributed by atoms with Crippen LogP contribution in [0.15, 0.2) is 29.3 Å². The summed E-state index contributed by atoms with van der Waals surface area (Å²) >= 11 is 0. The molecule has 1 aliphatic rings. The lowest BCUT2D eigenvalue weighted by atomic mass is 10.2. The maximum atomic E-state index is 12.9. The van der Waals surface area contributed by atoms with Gasteiger partial charge in [-0.05, 0) is 24.6 Å². The zero-order valence-corrected chi connectivity index (χ0v) is 18.6. The molecule has 5 nitrogen and oxygen atoms in total. The van der Waals surface area contributed by atoms with Gasteiger partial charge in [0, 0.05) is 39.8 Å². The van der Waals surface area contributed by atoms with Crippen molar-refractivity contribution in [3.05, 3.63) is 29.8 Å². The van der Waals surface area contributed by atoms with Crippen LogP contribution in [0.5, 0.6) is 5.75 Å². The number of benzene rings is 1. The average Bonchev–Trinajstić information content (AvgIpc) is 2.66. The predicted octanol–water partition coefficient (Wildman–Crippen LogP) is 3.59. The van der Waals surface area contributed by atoms with Crippen LogP contribution in [0.25, 0.3) is 0 Å². The van der Waals surface area contributed by atoms with Crippen LogP contribution in [0.4, 0.5) is 22.0 Å². The monoisotopic (exact) mass is 536 g/mol. The summed E-state index contributed by atoms with van der Waals surface area (Å²) in [7, 11) is 1.61. The summed E-state index contributed by atoms with van der Waals surface area (Å²) in [5, 5.41) is 3.15. The Balaban J connectivity index is 0.00000420. The molecule has 0 saturated carbocycles. The second-order valence-corrected chi connectivity index (χ2v) is 6.49. The number of hydrogen-bond acceptors (Lipinski definition) is 3. The van der Waals surface area contributed by atoms with Gasteiger partial charge in [-0.2, -0.15) is 13.2 Å². The smallest absolute Gasteiger partial charge is 0.403 e. The molecule has 0 radical (unpaired) electrons. The van der Waals surface area contributed by atoms with Gasteiger partial charge >= 0.3 is 6.18 Å². The fourth-order valence-electron chi connectivity index (χ4n) is 2.95. The summed E-state index contributed by atoms with van der Waals surface area (Å²) in [4.78, 5) is 7.50. The number of halogens is 6. The Morgan fingerprint density at radius 1 is 1.21 bits per heavy atom. The third-order valence-corrected chi connectivity index (χ3v) is 4.57. The number of hydrogen-bond donors (Lipinski definition) is 1. The van der Waals surface area contributed by atoms with E-state index >= 15 is 0 Å². The minimum atomic E-state index is -4.24. The molecule has 1 aromatic rings. The molecule has 1 aliphatic heterocycles. The topological polar surface area (TPSA) is 40.1 Å². The molecule has 2 rings (SSSR count). The van der Waals surface area contributed by atoms with Crippen molar-refractivity contribution >= 4 is 29.9 Å². The van der Waals surface area contributed by atoms with Crippen molar-refractivity contribution in [2.45, 2.75) is 32.1 Å². The molecule has 166 valence electrons. The largest absolute Gasteiger partial charge is 0.488 e. The van der Waals surface area contributed by atoms with E-state index in [1.54, 1.807) is 25.2 Å². The summed E-state index contributed by atoms with van der Waals surface area (Å²) < 4.78 is 68.1. The summed E-state index contributed by atoms with van der Waals surface area (Å²) in [6.07, 6.45) is -6.78. The first-order valence-corrected chi connectivity index (χ1v) is 8.97. The number of piperazine rings is 1. The predicted molar refractivity (Wildman–Crippen MR) is 112 cm³/mol. The fraction of sp³-hybridized carbons (Fsp3) is 0.611. The van der Waals surface area contributed by atoms with Gasteiger partial charge in [0.15, 0.2) is 5.96 Å². The van der Waals surface area contributed by atoms with E-state index in [-0.39, 0.29) is 24.0 Å². The Hall–Kier alpha value is -1.37. The summed E-state index contributed by atoms with van der Waals surface area (Å²) in [6.45, 7) is 2.33. The van der Waals surface area contributed by atoms with Gasteiger partial charge in [-0.3, -0.25) is 9.89 Å². The number of nitrogens with one attached hydrogen (secondary N) is 1. The normalized spacial score (nSPS) is 17.1. The molecule has 1 aromatic carbocycles. The first-order chi connectivity index (χ1) is 13.2. The number of nitrogens with zero attached hydrogens (tertiary/aromatic N) is 3. The van der Waals surface area contributed by atoms with Crippen molar-refractivity contribution in [1.29, 1.82) is 0 Å². The minimum absolute atomic E-state index is 0. The molecular weight excluding hydrogens is 510 g/mol. The highest BCUT2D eigenvalue weighted by Gasteiger charge is 2.41. The lowest BCUT2D eigenvalue weighted by molar-refractivity contribution is -0.181. The zero-order chi connectivity index (χ0) is 20.7. The molecule has 1 atom stereocenters. The molecule has 0 spiro atoms. The quantitative estimate of drug-likeness (QED) is 0.261. The van der Waals surface area contributed by atoms with Crippen molar-refractivity contribution in [2.24, 2.45) is 4.99 Å². The third-order valence-electron chi connectivity index (χ3n) is 4.57. The highest BCUT2D eigenvalue weighted by molar-refractivity contribution is 14.0. The van der Waals surface area contributed by atoms with Crippen LogP contribution in [0.1, 0.15) is 12.5 Å². The molecule has 0 aromatic heterocycles. The van der Waals surface area contributed by atoms with Gasteiger partial charge in [0.1, 0.15) is 18.4 Å². The molecule has 1 N–H and O–H groups in total. The van der Waals surface area contributed by atoms with E-state index in [2.05, 4.69) is 10.3 Å². The van der Waals surface area contributed by atoms with E-state index in [9.17, 15) is 22.0 Å². The van der Waals surface area contributed by atoms with Gasteiger partial charge in [-0.1, -0.05) is 12.1 Å². The zero-order valence-electron chi connectivity index (χ0n) is 16.3. The van der Waals surface area contributed by atoms with Crippen LogP contribution in [-0.2, 0) is 6.54 Å².